The summed E-state index contributed by atoms with van der Waals surface area (Å²) in [5, 5.41) is 0.415. The lowest BCUT2D eigenvalue weighted by molar-refractivity contribution is -0.154. The van der Waals surface area contributed by atoms with Gasteiger partial charge in [-0.25, -0.2) is 9.00 Å². The number of rotatable bonds is 18. The van der Waals surface area contributed by atoms with Crippen LogP contribution in [0.1, 0.15) is 86.9 Å². The highest BCUT2D eigenvalue weighted by molar-refractivity contribution is 7.80. The maximum Gasteiger partial charge on any atom is 0.387 e. The summed E-state index contributed by atoms with van der Waals surface area (Å²) in [6, 6.07) is 7.54. The number of hydrogen-bond donors (Lipinski definition) is 1. The summed E-state index contributed by atoms with van der Waals surface area (Å²) in [5.74, 6) is -1.44. The van der Waals surface area contributed by atoms with Gasteiger partial charge < -0.3 is 28.6 Å². The first-order chi connectivity index (χ1) is 27.6. The van der Waals surface area contributed by atoms with Crippen LogP contribution in [0.4, 0.5) is 14.5 Å². The number of alkyl halides is 2. The Balaban J connectivity index is 1.28. The van der Waals surface area contributed by atoms with Gasteiger partial charge in [0.25, 0.3) is 17.2 Å². The predicted molar refractivity (Wildman–Crippen MR) is 211 cm³/mol. The van der Waals surface area contributed by atoms with Crippen molar-refractivity contribution in [2.75, 3.05) is 30.6 Å². The summed E-state index contributed by atoms with van der Waals surface area (Å²) in [4.78, 5) is 46.6. The van der Waals surface area contributed by atoms with Crippen LogP contribution in [0.15, 0.2) is 48.8 Å². The number of halogens is 4. The molecule has 2 saturated carbocycles. The molecule has 1 unspecified atom stereocenters. The van der Waals surface area contributed by atoms with Crippen LogP contribution in [0.25, 0.3) is 0 Å². The summed E-state index contributed by atoms with van der Waals surface area (Å²) < 4.78 is 78.7. The maximum absolute atomic E-state index is 14.2. The van der Waals surface area contributed by atoms with Gasteiger partial charge in [0.2, 0.25) is 0 Å². The first-order valence-corrected chi connectivity index (χ1v) is 20.8. The molecule has 1 amide bonds. The minimum absolute atomic E-state index is 0.0154. The third-order valence-corrected chi connectivity index (χ3v) is 11.0. The average Bonchev–Trinajstić information content (AvgIpc) is 4.10. The summed E-state index contributed by atoms with van der Waals surface area (Å²) >= 11 is 10.2. The fraction of sp³-hybridized carbons (Fsp3) is 0.500. The molecule has 1 aliphatic heterocycles. The molecule has 3 aromatic rings. The Morgan fingerprint density at radius 3 is 2.19 bits per heavy atom. The number of hydrogen-bond acceptors (Lipinski definition) is 10. The van der Waals surface area contributed by atoms with E-state index >= 15 is 0 Å². The minimum atomic E-state index is -3.11. The SMILES string of the molecule is CC(C)(C)OC(=O)CN(c1cc(C(=O)N2CCC[C@H]2C(=O)O[C@@H](Cc2c(Cl)cncc2Cl)c2ccc(OC(F)F)c(OCC3CC3)c2)ccc1OCC1CC1)S(=O)O. The van der Waals surface area contributed by atoms with Gasteiger partial charge in [0, 0.05) is 30.9 Å². The number of pyridine rings is 1. The van der Waals surface area contributed by atoms with E-state index < -0.39 is 60.0 Å². The van der Waals surface area contributed by atoms with Crippen LogP contribution in [0.2, 0.25) is 10.0 Å². The first kappa shape index (κ1) is 43.3. The molecule has 2 aliphatic carbocycles. The second-order valence-corrected chi connectivity index (χ2v) is 17.2. The summed E-state index contributed by atoms with van der Waals surface area (Å²) in [6.07, 6.45) is 6.22. The molecule has 3 atom stereocenters. The van der Waals surface area contributed by atoms with Gasteiger partial charge in [-0.2, -0.15) is 8.78 Å². The van der Waals surface area contributed by atoms with E-state index in [1.807, 2.05) is 0 Å². The Labute approximate surface area is 347 Å². The number of esters is 2. The van der Waals surface area contributed by atoms with E-state index in [1.165, 1.54) is 53.7 Å². The van der Waals surface area contributed by atoms with Crippen molar-refractivity contribution in [2.24, 2.45) is 11.8 Å². The minimum Gasteiger partial charge on any atom is -0.491 e. The van der Waals surface area contributed by atoms with E-state index in [2.05, 4.69) is 4.98 Å². The van der Waals surface area contributed by atoms with Gasteiger partial charge in [-0.05, 0) is 113 Å². The highest BCUT2D eigenvalue weighted by atomic mass is 35.5. The van der Waals surface area contributed by atoms with E-state index in [1.54, 1.807) is 20.8 Å². The number of benzene rings is 2. The number of aromatic nitrogens is 1. The quantitative estimate of drug-likeness (QED) is 0.0978. The van der Waals surface area contributed by atoms with Crippen molar-refractivity contribution in [3.63, 3.8) is 0 Å². The van der Waals surface area contributed by atoms with Crippen LogP contribution in [0.5, 0.6) is 17.2 Å². The Morgan fingerprint density at radius 1 is 0.948 bits per heavy atom. The van der Waals surface area contributed by atoms with Crippen LogP contribution in [0.3, 0.4) is 0 Å². The predicted octanol–water partition coefficient (Wildman–Crippen LogP) is 7.98. The van der Waals surface area contributed by atoms with Crippen molar-refractivity contribution in [1.82, 2.24) is 9.88 Å². The molecule has 0 bridgehead atoms. The molecule has 0 radical (unpaired) electrons. The molecule has 314 valence electrons. The fourth-order valence-corrected chi connectivity index (χ4v) is 7.43. The standard InChI is InChI=1S/C40H45Cl2F2N3O10S/c1-40(2,3)57-36(48)20-47(58(51)52)31-15-26(11-12-32(31)53-21-23-6-7-23)37(49)46-14-4-5-30(46)38(50)55-34(17-27-28(41)18-45-19-29(27)42)25-10-13-33(56-39(43)44)35(16-25)54-22-24-8-9-24/h10-13,15-16,18-19,23-24,30,34,39H,4-9,14,17,20-22H2,1-3H3,(H,51,52)/t30-,34-/m0/s1. The number of amides is 1. The van der Waals surface area contributed by atoms with Crippen molar-refractivity contribution in [1.29, 1.82) is 0 Å². The molecule has 58 heavy (non-hydrogen) atoms. The second-order valence-electron chi connectivity index (χ2n) is 15.5. The number of ether oxygens (including phenoxy) is 5. The van der Waals surface area contributed by atoms with Crippen LogP contribution in [-0.4, -0.2) is 81.0 Å². The van der Waals surface area contributed by atoms with Gasteiger partial charge in [-0.15, -0.1) is 0 Å². The van der Waals surface area contributed by atoms with Crippen LogP contribution in [0, 0.1) is 11.8 Å². The molecule has 18 heteroatoms. The van der Waals surface area contributed by atoms with Crippen molar-refractivity contribution in [3.8, 4) is 17.2 Å². The lowest BCUT2D eigenvalue weighted by Crippen LogP contribution is -2.42. The molecule has 1 aromatic heterocycles. The zero-order chi connectivity index (χ0) is 41.7. The van der Waals surface area contributed by atoms with Gasteiger partial charge in [0.05, 0.1) is 28.9 Å². The number of anilines is 1. The van der Waals surface area contributed by atoms with E-state index in [9.17, 15) is 31.9 Å². The Hall–Kier alpha value is -4.25. The molecule has 13 nitrogen and oxygen atoms in total. The summed E-state index contributed by atoms with van der Waals surface area (Å²) in [6.45, 7) is 2.09. The zero-order valence-corrected chi connectivity index (χ0v) is 34.5. The third-order valence-electron chi connectivity index (χ3n) is 9.64. The van der Waals surface area contributed by atoms with Gasteiger partial charge >= 0.3 is 18.6 Å². The number of likely N-dealkylation sites (tertiary alicyclic amines) is 1. The highest BCUT2D eigenvalue weighted by Gasteiger charge is 2.38. The lowest BCUT2D eigenvalue weighted by Gasteiger charge is -2.28. The second kappa shape index (κ2) is 18.8. The van der Waals surface area contributed by atoms with Crippen molar-refractivity contribution >= 4 is 58.0 Å². The number of carbonyl (C=O) groups is 3. The third kappa shape index (κ3) is 11.7. The summed E-state index contributed by atoms with van der Waals surface area (Å²) in [5.41, 5.74) is -0.00325. The average molecular weight is 869 g/mol. The Kier molecular flexibility index (Phi) is 14.0. The topological polar surface area (TPSA) is 154 Å². The molecule has 2 heterocycles. The van der Waals surface area contributed by atoms with Gasteiger partial charge in [-0.3, -0.25) is 23.4 Å². The van der Waals surface area contributed by atoms with Gasteiger partial charge in [0.1, 0.15) is 30.0 Å². The van der Waals surface area contributed by atoms with E-state index in [0.29, 0.717) is 36.0 Å². The normalized spacial score (nSPS) is 17.7. The largest absolute Gasteiger partial charge is 0.491 e. The molecule has 0 spiro atoms. The molecule has 1 N–H and O–H groups in total. The van der Waals surface area contributed by atoms with Crippen molar-refractivity contribution in [3.05, 3.63) is 75.5 Å². The molecular weight excluding hydrogens is 823 g/mol. The Morgan fingerprint density at radius 2 is 1.59 bits per heavy atom. The maximum atomic E-state index is 14.2. The molecule has 1 saturated heterocycles. The number of nitrogens with zero attached hydrogens (tertiary/aromatic N) is 3. The van der Waals surface area contributed by atoms with Crippen molar-refractivity contribution < 1.29 is 55.6 Å². The molecule has 6 rings (SSSR count). The van der Waals surface area contributed by atoms with Crippen LogP contribution < -0.4 is 18.5 Å². The van der Waals surface area contributed by atoms with Crippen LogP contribution >= 0.6 is 23.2 Å². The van der Waals surface area contributed by atoms with Crippen molar-refractivity contribution in [2.45, 2.75) is 90.1 Å². The molecular formula is C40H45Cl2F2N3O10S. The lowest BCUT2D eigenvalue weighted by atomic mass is 10.0. The van der Waals surface area contributed by atoms with Gasteiger partial charge in [0.15, 0.2) is 11.5 Å². The smallest absolute Gasteiger partial charge is 0.387 e. The van der Waals surface area contributed by atoms with E-state index in [0.717, 1.165) is 30.0 Å². The highest BCUT2D eigenvalue weighted by Crippen LogP contribution is 2.39. The number of carbonyl (C=O) groups excluding carboxylic acids is 3. The Bertz CT molecular complexity index is 1990. The molecule has 3 aliphatic rings. The van der Waals surface area contributed by atoms with Gasteiger partial charge in [-0.1, -0.05) is 29.3 Å². The molecule has 2 aromatic carbocycles. The van der Waals surface area contributed by atoms with E-state index in [-0.39, 0.29) is 64.5 Å². The summed E-state index contributed by atoms with van der Waals surface area (Å²) in [7, 11) is 0. The molecule has 3 fully saturated rings. The monoisotopic (exact) mass is 867 g/mol. The van der Waals surface area contributed by atoms with Crippen LogP contribution in [-0.2, 0) is 36.8 Å². The zero-order valence-electron chi connectivity index (χ0n) is 32.2. The first-order valence-electron chi connectivity index (χ1n) is 18.9. The van der Waals surface area contributed by atoms with E-state index in [4.69, 9.17) is 46.9 Å². The fourth-order valence-electron chi connectivity index (χ4n) is 6.38.